The topological polar surface area (TPSA) is 66.8 Å². The van der Waals surface area contributed by atoms with Gasteiger partial charge in [-0.05, 0) is 36.6 Å². The van der Waals surface area contributed by atoms with Gasteiger partial charge >= 0.3 is 5.97 Å². The highest BCUT2D eigenvalue weighted by Gasteiger charge is 2.54. The zero-order valence-electron chi connectivity index (χ0n) is 13.1. The average molecular weight is 339 g/mol. The van der Waals surface area contributed by atoms with E-state index in [2.05, 4.69) is 0 Å². The van der Waals surface area contributed by atoms with Crippen LogP contribution in [0.5, 0.6) is 0 Å². The van der Waals surface area contributed by atoms with Gasteiger partial charge in [-0.3, -0.25) is 9.59 Å². The maximum absolute atomic E-state index is 13.6. The predicted molar refractivity (Wildman–Crippen MR) is 80.3 cm³/mol. The molecule has 0 aromatic heterocycles. The number of benzene rings is 1. The number of halogens is 2. The van der Waals surface area contributed by atoms with E-state index >= 15 is 0 Å². The van der Waals surface area contributed by atoms with Crippen LogP contribution >= 0.6 is 0 Å². The number of aliphatic carboxylic acids is 1. The lowest BCUT2D eigenvalue weighted by atomic mass is 9.74. The van der Waals surface area contributed by atoms with Crippen molar-refractivity contribution in [3.05, 3.63) is 35.4 Å². The lowest BCUT2D eigenvalue weighted by molar-refractivity contribution is -0.157. The standard InChI is InChI=1S/C17H19F2NO4/c18-13-2-3-14(19)11(7-13)1-4-15(21)20-8-12-9-24-6-5-17(12,10-20)16(22)23/h2-3,7,12H,1,4-6,8-10H2,(H,22,23)/t12-,17+/m0/s1. The Labute approximate surface area is 138 Å². The zero-order chi connectivity index (χ0) is 17.3. The smallest absolute Gasteiger partial charge is 0.311 e. The van der Waals surface area contributed by atoms with Gasteiger partial charge in [-0.25, -0.2) is 8.78 Å². The van der Waals surface area contributed by atoms with Gasteiger partial charge in [0.1, 0.15) is 11.6 Å². The number of ether oxygens (including phenoxy) is 1. The van der Waals surface area contributed by atoms with Crippen molar-refractivity contribution in [3.63, 3.8) is 0 Å². The molecular weight excluding hydrogens is 320 g/mol. The number of hydrogen-bond donors (Lipinski definition) is 1. The lowest BCUT2D eigenvalue weighted by Gasteiger charge is -2.33. The van der Waals surface area contributed by atoms with Gasteiger partial charge in [-0.1, -0.05) is 0 Å². The number of carbonyl (C=O) groups is 2. The van der Waals surface area contributed by atoms with Gasteiger partial charge in [-0.15, -0.1) is 0 Å². The minimum absolute atomic E-state index is 0.0175. The highest BCUT2D eigenvalue weighted by atomic mass is 19.1. The third-order valence-electron chi connectivity index (χ3n) is 5.10. The van der Waals surface area contributed by atoms with Crippen molar-refractivity contribution < 1.29 is 28.2 Å². The highest BCUT2D eigenvalue weighted by molar-refractivity contribution is 5.81. The number of nitrogens with zero attached hydrogens (tertiary/aromatic N) is 1. The minimum atomic E-state index is -0.946. The Balaban J connectivity index is 1.66. The second kappa shape index (κ2) is 6.47. The summed E-state index contributed by atoms with van der Waals surface area (Å²) >= 11 is 0. The number of fused-ring (bicyclic) bond motifs is 1. The molecule has 1 aromatic rings. The summed E-state index contributed by atoms with van der Waals surface area (Å²) in [6.45, 7) is 1.19. The van der Waals surface area contributed by atoms with E-state index in [0.29, 0.717) is 26.2 Å². The van der Waals surface area contributed by atoms with E-state index in [-0.39, 0.29) is 36.8 Å². The van der Waals surface area contributed by atoms with Crippen molar-refractivity contribution in [2.45, 2.75) is 19.3 Å². The molecule has 2 atom stereocenters. The number of carboxylic acid groups (broad SMARTS) is 1. The van der Waals surface area contributed by atoms with Gasteiger partial charge in [-0.2, -0.15) is 0 Å². The Kier molecular flexibility index (Phi) is 4.54. The summed E-state index contributed by atoms with van der Waals surface area (Å²) in [5, 5.41) is 9.59. The summed E-state index contributed by atoms with van der Waals surface area (Å²) in [4.78, 5) is 25.6. The molecule has 5 nitrogen and oxygen atoms in total. The van der Waals surface area contributed by atoms with E-state index < -0.39 is 23.0 Å². The molecule has 0 saturated carbocycles. The average Bonchev–Trinajstić information content (AvgIpc) is 2.96. The van der Waals surface area contributed by atoms with E-state index in [1.54, 1.807) is 0 Å². The van der Waals surface area contributed by atoms with Gasteiger partial charge in [0.2, 0.25) is 5.91 Å². The second-order valence-electron chi connectivity index (χ2n) is 6.49. The largest absolute Gasteiger partial charge is 0.481 e. The lowest BCUT2D eigenvalue weighted by Crippen LogP contribution is -2.45. The Bertz CT molecular complexity index is 666. The number of rotatable bonds is 4. The van der Waals surface area contributed by atoms with Crippen molar-refractivity contribution >= 4 is 11.9 Å². The molecule has 2 aliphatic heterocycles. The number of hydrogen-bond acceptors (Lipinski definition) is 3. The van der Waals surface area contributed by atoms with Crippen LogP contribution in [0.2, 0.25) is 0 Å². The normalized spacial score (nSPS) is 26.2. The zero-order valence-corrected chi connectivity index (χ0v) is 13.1. The second-order valence-corrected chi connectivity index (χ2v) is 6.49. The van der Waals surface area contributed by atoms with E-state index in [1.807, 2.05) is 0 Å². The van der Waals surface area contributed by atoms with Crippen LogP contribution in [0.15, 0.2) is 18.2 Å². The monoisotopic (exact) mass is 339 g/mol. The molecule has 2 heterocycles. The summed E-state index contributed by atoms with van der Waals surface area (Å²) in [6, 6.07) is 3.15. The van der Waals surface area contributed by atoms with Crippen molar-refractivity contribution in [3.8, 4) is 0 Å². The fraction of sp³-hybridized carbons (Fsp3) is 0.529. The Morgan fingerprint density at radius 1 is 1.38 bits per heavy atom. The number of likely N-dealkylation sites (tertiary alicyclic amines) is 1. The van der Waals surface area contributed by atoms with E-state index in [9.17, 15) is 23.5 Å². The van der Waals surface area contributed by atoms with Gasteiger partial charge in [0.15, 0.2) is 0 Å². The predicted octanol–water partition coefficient (Wildman–Crippen LogP) is 1.85. The van der Waals surface area contributed by atoms with E-state index in [1.165, 1.54) is 4.90 Å². The molecule has 0 spiro atoms. The first-order valence-corrected chi connectivity index (χ1v) is 7.95. The third-order valence-corrected chi connectivity index (χ3v) is 5.10. The summed E-state index contributed by atoms with van der Waals surface area (Å²) in [6.07, 6.45) is 0.485. The van der Waals surface area contributed by atoms with Gasteiger partial charge < -0.3 is 14.7 Å². The van der Waals surface area contributed by atoms with Crippen LogP contribution < -0.4 is 0 Å². The summed E-state index contributed by atoms with van der Waals surface area (Å²) < 4.78 is 32.1. The molecule has 24 heavy (non-hydrogen) atoms. The molecular formula is C17H19F2NO4. The molecule has 2 fully saturated rings. The van der Waals surface area contributed by atoms with Gasteiger partial charge in [0.25, 0.3) is 0 Å². The molecule has 0 bridgehead atoms. The highest BCUT2D eigenvalue weighted by Crippen LogP contribution is 2.42. The van der Waals surface area contributed by atoms with Crippen LogP contribution in [0.25, 0.3) is 0 Å². The summed E-state index contributed by atoms with van der Waals surface area (Å²) in [5.41, 5.74) is -0.797. The Morgan fingerprint density at radius 2 is 2.17 bits per heavy atom. The summed E-state index contributed by atoms with van der Waals surface area (Å²) in [7, 11) is 0. The van der Waals surface area contributed by atoms with Crippen molar-refractivity contribution in [1.82, 2.24) is 4.90 Å². The maximum atomic E-state index is 13.6. The molecule has 1 N–H and O–H groups in total. The molecule has 1 aromatic carbocycles. The van der Waals surface area contributed by atoms with E-state index in [4.69, 9.17) is 4.74 Å². The number of carboxylic acids is 1. The molecule has 2 aliphatic rings. The van der Waals surface area contributed by atoms with E-state index in [0.717, 1.165) is 18.2 Å². The number of amides is 1. The molecule has 1 amide bonds. The molecule has 0 unspecified atom stereocenters. The Hall–Kier alpha value is -2.02. The molecule has 0 aliphatic carbocycles. The van der Waals surface area contributed by atoms with Crippen LogP contribution in [0, 0.1) is 23.0 Å². The minimum Gasteiger partial charge on any atom is -0.481 e. The Morgan fingerprint density at radius 3 is 2.88 bits per heavy atom. The molecule has 130 valence electrons. The fourth-order valence-electron chi connectivity index (χ4n) is 3.62. The van der Waals surface area contributed by atoms with Crippen molar-refractivity contribution in [1.29, 1.82) is 0 Å². The van der Waals surface area contributed by atoms with Gasteiger partial charge in [0.05, 0.1) is 12.0 Å². The molecule has 3 rings (SSSR count). The van der Waals surface area contributed by atoms with Crippen LogP contribution in [0.1, 0.15) is 18.4 Å². The molecule has 0 radical (unpaired) electrons. The van der Waals surface area contributed by atoms with Crippen LogP contribution in [0.4, 0.5) is 8.78 Å². The first kappa shape index (κ1) is 16.8. The molecule has 2 saturated heterocycles. The molecule has 7 heteroatoms. The first-order valence-electron chi connectivity index (χ1n) is 7.95. The van der Waals surface area contributed by atoms with Crippen LogP contribution in [-0.2, 0) is 20.7 Å². The van der Waals surface area contributed by atoms with Gasteiger partial charge in [0, 0.05) is 32.0 Å². The van der Waals surface area contributed by atoms with Crippen molar-refractivity contribution in [2.75, 3.05) is 26.3 Å². The third kappa shape index (κ3) is 3.00. The SMILES string of the molecule is O=C(CCc1cc(F)ccc1F)N1C[C@H]2COCC[C@@]2(C(=O)O)C1. The quantitative estimate of drug-likeness (QED) is 0.909. The fourth-order valence-corrected chi connectivity index (χ4v) is 3.62. The van der Waals surface area contributed by atoms with Crippen molar-refractivity contribution in [2.24, 2.45) is 11.3 Å². The number of carbonyl (C=O) groups excluding carboxylic acids is 1. The maximum Gasteiger partial charge on any atom is 0.311 e. The summed E-state index contributed by atoms with van der Waals surface area (Å²) in [5.74, 6) is -2.46. The van der Waals surface area contributed by atoms with Crippen LogP contribution in [0.3, 0.4) is 0 Å². The first-order chi connectivity index (χ1) is 11.4. The van der Waals surface area contributed by atoms with Crippen LogP contribution in [-0.4, -0.2) is 48.2 Å². The number of aryl methyl sites for hydroxylation is 1.